The number of nitrogens with zero attached hydrogens (tertiary/aromatic N) is 4. The number of hydrogen-bond acceptors (Lipinski definition) is 10. The van der Waals surface area contributed by atoms with Gasteiger partial charge in [0.05, 0.1) is 26.4 Å². The number of carbonyl (C=O) groups is 2. The van der Waals surface area contributed by atoms with Crippen LogP contribution in [0, 0.1) is 0 Å². The van der Waals surface area contributed by atoms with Gasteiger partial charge in [-0.1, -0.05) is 13.8 Å². The Balaban J connectivity index is 0.00000352. The van der Waals surface area contributed by atoms with Crippen LogP contribution in [0.4, 0.5) is 11.6 Å². The van der Waals surface area contributed by atoms with E-state index in [1.165, 1.54) is 9.80 Å². The quantitative estimate of drug-likeness (QED) is 0.236. The Kier molecular flexibility index (Phi) is 12.4. The van der Waals surface area contributed by atoms with Crippen LogP contribution in [0.5, 0.6) is 0 Å². The molecule has 0 aliphatic rings. The maximum atomic E-state index is 11.6. The standard InChI is InChI=1S/C14H22N4O8.C2H6/c19-5-1-17(2-6-20)11-9(13(23)24)16-12(10(15-11)14(25)26)18(3-7-21)4-8-22;1-2/h19-22H,1-8H2,(H,23,24)(H,25,26);1-2H3. The SMILES string of the molecule is CC.O=C(O)c1nc(N(CCO)CCO)c(C(=O)O)nc1N(CCO)CCO. The zero-order valence-corrected chi connectivity index (χ0v) is 15.9. The van der Waals surface area contributed by atoms with Crippen LogP contribution in [0.15, 0.2) is 0 Å². The van der Waals surface area contributed by atoms with Gasteiger partial charge in [0.25, 0.3) is 0 Å². The molecule has 160 valence electrons. The first kappa shape index (κ1) is 25.5. The molecule has 0 aliphatic heterocycles. The number of aromatic carboxylic acids is 2. The predicted molar refractivity (Wildman–Crippen MR) is 100 cm³/mol. The largest absolute Gasteiger partial charge is 0.476 e. The normalized spacial score (nSPS) is 10.1. The van der Waals surface area contributed by atoms with Crippen LogP contribution in [-0.2, 0) is 0 Å². The highest BCUT2D eigenvalue weighted by atomic mass is 16.4. The molecular weight excluding hydrogens is 376 g/mol. The minimum absolute atomic E-state index is 0.0923. The monoisotopic (exact) mass is 404 g/mol. The fraction of sp³-hybridized carbons (Fsp3) is 0.625. The van der Waals surface area contributed by atoms with Gasteiger partial charge in [0.15, 0.2) is 23.0 Å². The van der Waals surface area contributed by atoms with Crippen LogP contribution < -0.4 is 9.80 Å². The van der Waals surface area contributed by atoms with Crippen molar-refractivity contribution in [3.8, 4) is 0 Å². The first-order valence-electron chi connectivity index (χ1n) is 8.73. The minimum Gasteiger partial charge on any atom is -0.476 e. The third-order valence-electron chi connectivity index (χ3n) is 3.34. The van der Waals surface area contributed by atoms with E-state index in [2.05, 4.69) is 9.97 Å². The fourth-order valence-electron chi connectivity index (χ4n) is 2.28. The lowest BCUT2D eigenvalue weighted by Gasteiger charge is -2.27. The van der Waals surface area contributed by atoms with Crippen molar-refractivity contribution < 1.29 is 40.2 Å². The molecule has 0 aromatic carbocycles. The van der Waals surface area contributed by atoms with E-state index >= 15 is 0 Å². The van der Waals surface area contributed by atoms with Crippen LogP contribution in [0.25, 0.3) is 0 Å². The summed E-state index contributed by atoms with van der Waals surface area (Å²) >= 11 is 0. The fourth-order valence-corrected chi connectivity index (χ4v) is 2.28. The Morgan fingerprint density at radius 2 is 0.929 bits per heavy atom. The van der Waals surface area contributed by atoms with Gasteiger partial charge < -0.3 is 40.4 Å². The van der Waals surface area contributed by atoms with E-state index in [-0.39, 0.29) is 64.2 Å². The lowest BCUT2D eigenvalue weighted by atomic mass is 10.3. The Labute approximate surface area is 162 Å². The van der Waals surface area contributed by atoms with Gasteiger partial charge in [0, 0.05) is 26.2 Å². The summed E-state index contributed by atoms with van der Waals surface area (Å²) in [5, 5.41) is 55.3. The summed E-state index contributed by atoms with van der Waals surface area (Å²) in [4.78, 5) is 33.3. The van der Waals surface area contributed by atoms with Crippen molar-refractivity contribution in [1.29, 1.82) is 0 Å². The van der Waals surface area contributed by atoms with Crippen molar-refractivity contribution >= 4 is 23.6 Å². The molecule has 0 bridgehead atoms. The number of aliphatic hydroxyl groups is 4. The Hall–Kier alpha value is -2.54. The highest BCUT2D eigenvalue weighted by molar-refractivity contribution is 5.96. The maximum Gasteiger partial charge on any atom is 0.358 e. The van der Waals surface area contributed by atoms with Crippen LogP contribution in [0.2, 0.25) is 0 Å². The second kappa shape index (κ2) is 13.6. The van der Waals surface area contributed by atoms with E-state index in [4.69, 9.17) is 20.4 Å². The number of anilines is 2. The number of rotatable bonds is 12. The first-order chi connectivity index (χ1) is 13.4. The highest BCUT2D eigenvalue weighted by Gasteiger charge is 2.28. The average Bonchev–Trinajstić information content (AvgIpc) is 2.68. The molecule has 1 aromatic heterocycles. The van der Waals surface area contributed by atoms with Crippen molar-refractivity contribution in [2.24, 2.45) is 0 Å². The molecule has 0 aliphatic carbocycles. The summed E-state index contributed by atoms with van der Waals surface area (Å²) < 4.78 is 0. The number of carboxylic acids is 2. The zero-order chi connectivity index (χ0) is 21.7. The van der Waals surface area contributed by atoms with Crippen molar-refractivity contribution in [2.75, 3.05) is 62.4 Å². The van der Waals surface area contributed by atoms with Crippen molar-refractivity contribution in [3.05, 3.63) is 11.4 Å². The molecular formula is C16H28N4O8. The van der Waals surface area contributed by atoms with E-state index in [0.29, 0.717) is 0 Å². The molecule has 0 radical (unpaired) electrons. The van der Waals surface area contributed by atoms with Crippen LogP contribution in [-0.4, -0.2) is 105 Å². The molecule has 12 nitrogen and oxygen atoms in total. The van der Waals surface area contributed by atoms with E-state index in [1.54, 1.807) is 0 Å². The van der Waals surface area contributed by atoms with Gasteiger partial charge in [-0.05, 0) is 0 Å². The summed E-state index contributed by atoms with van der Waals surface area (Å²) in [5.41, 5.74) is -1.15. The summed E-state index contributed by atoms with van der Waals surface area (Å²) in [6, 6.07) is 0. The van der Waals surface area contributed by atoms with Crippen molar-refractivity contribution in [1.82, 2.24) is 9.97 Å². The molecule has 0 amide bonds. The van der Waals surface area contributed by atoms with E-state index in [0.717, 1.165) is 0 Å². The average molecular weight is 404 g/mol. The second-order valence-electron chi connectivity index (χ2n) is 5.05. The zero-order valence-electron chi connectivity index (χ0n) is 15.9. The van der Waals surface area contributed by atoms with Gasteiger partial charge in [-0.25, -0.2) is 19.6 Å². The maximum absolute atomic E-state index is 11.6. The minimum atomic E-state index is -1.49. The molecule has 0 atom stereocenters. The van der Waals surface area contributed by atoms with Gasteiger partial charge in [-0.15, -0.1) is 0 Å². The van der Waals surface area contributed by atoms with Gasteiger partial charge >= 0.3 is 11.9 Å². The van der Waals surface area contributed by atoms with Gasteiger partial charge in [-0.2, -0.15) is 0 Å². The Morgan fingerprint density at radius 3 is 1.11 bits per heavy atom. The third-order valence-corrected chi connectivity index (χ3v) is 3.34. The molecule has 1 aromatic rings. The number of carboxylic acid groups (broad SMARTS) is 2. The lowest BCUT2D eigenvalue weighted by Crippen LogP contribution is -2.36. The van der Waals surface area contributed by atoms with E-state index < -0.39 is 23.3 Å². The first-order valence-corrected chi connectivity index (χ1v) is 8.73. The summed E-state index contributed by atoms with van der Waals surface area (Å²) in [5.74, 6) is -3.59. The molecule has 6 N–H and O–H groups in total. The second-order valence-corrected chi connectivity index (χ2v) is 5.05. The lowest BCUT2D eigenvalue weighted by molar-refractivity contribution is 0.0672. The predicted octanol–water partition coefficient (Wildman–Crippen LogP) is -1.52. The summed E-state index contributed by atoms with van der Waals surface area (Å²) in [6.07, 6.45) is 0. The third kappa shape index (κ3) is 6.88. The number of hydrogen-bond donors (Lipinski definition) is 6. The van der Waals surface area contributed by atoms with Crippen LogP contribution in [0.1, 0.15) is 34.8 Å². The van der Waals surface area contributed by atoms with Gasteiger partial charge in [-0.3, -0.25) is 0 Å². The molecule has 0 unspecified atom stereocenters. The van der Waals surface area contributed by atoms with Gasteiger partial charge in [0.2, 0.25) is 0 Å². The summed E-state index contributed by atoms with van der Waals surface area (Å²) in [6.45, 7) is 2.10. The van der Waals surface area contributed by atoms with E-state index in [1.807, 2.05) is 13.8 Å². The molecule has 0 saturated heterocycles. The van der Waals surface area contributed by atoms with Crippen molar-refractivity contribution in [3.63, 3.8) is 0 Å². The topological polar surface area (TPSA) is 188 Å². The molecule has 0 fully saturated rings. The van der Waals surface area contributed by atoms with Crippen LogP contribution >= 0.6 is 0 Å². The molecule has 0 saturated carbocycles. The molecule has 0 spiro atoms. The molecule has 12 heteroatoms. The highest BCUT2D eigenvalue weighted by Crippen LogP contribution is 2.24. The molecule has 28 heavy (non-hydrogen) atoms. The Morgan fingerprint density at radius 1 is 0.679 bits per heavy atom. The Bertz CT molecular complexity index is 563. The molecule has 1 heterocycles. The van der Waals surface area contributed by atoms with Crippen LogP contribution in [0.3, 0.4) is 0 Å². The molecule has 1 rings (SSSR count). The number of aliphatic hydroxyl groups excluding tert-OH is 4. The van der Waals surface area contributed by atoms with E-state index in [9.17, 15) is 19.8 Å². The van der Waals surface area contributed by atoms with Gasteiger partial charge in [0.1, 0.15) is 0 Å². The number of aromatic nitrogens is 2. The smallest absolute Gasteiger partial charge is 0.358 e. The summed E-state index contributed by atoms with van der Waals surface area (Å²) in [7, 11) is 0. The van der Waals surface area contributed by atoms with Crippen molar-refractivity contribution in [2.45, 2.75) is 13.8 Å².